The van der Waals surface area contributed by atoms with Gasteiger partial charge in [-0.3, -0.25) is 4.90 Å². The predicted molar refractivity (Wildman–Crippen MR) is 92.8 cm³/mol. The van der Waals surface area contributed by atoms with Crippen molar-refractivity contribution in [1.82, 2.24) is 4.90 Å². The van der Waals surface area contributed by atoms with Gasteiger partial charge in [0.1, 0.15) is 5.75 Å². The van der Waals surface area contributed by atoms with Gasteiger partial charge >= 0.3 is 0 Å². The fourth-order valence-corrected chi connectivity index (χ4v) is 3.61. The van der Waals surface area contributed by atoms with E-state index in [9.17, 15) is 5.11 Å². The van der Waals surface area contributed by atoms with E-state index in [1.54, 1.807) is 7.11 Å². The van der Waals surface area contributed by atoms with Gasteiger partial charge in [0.2, 0.25) is 0 Å². The molecule has 3 heteroatoms. The molecule has 1 N–H and O–H groups in total. The Balaban J connectivity index is 1.81. The molecule has 1 fully saturated rings. The summed E-state index contributed by atoms with van der Waals surface area (Å²) in [6.45, 7) is 5.13. The summed E-state index contributed by atoms with van der Waals surface area (Å²) >= 11 is 0. The van der Waals surface area contributed by atoms with E-state index in [4.69, 9.17) is 4.74 Å². The Morgan fingerprint density at radius 1 is 1.13 bits per heavy atom. The molecule has 3 nitrogen and oxygen atoms in total. The van der Waals surface area contributed by atoms with E-state index in [1.165, 1.54) is 16.7 Å². The van der Waals surface area contributed by atoms with E-state index in [0.29, 0.717) is 5.92 Å². The second-order valence-corrected chi connectivity index (χ2v) is 6.47. The number of benzene rings is 2. The second-order valence-electron chi connectivity index (χ2n) is 6.47. The second kappa shape index (κ2) is 7.16. The summed E-state index contributed by atoms with van der Waals surface area (Å²) in [4.78, 5) is 2.43. The number of aliphatic hydroxyl groups is 1. The van der Waals surface area contributed by atoms with E-state index in [0.717, 1.165) is 25.4 Å². The molecule has 3 rings (SSSR count). The fraction of sp³-hybridized carbons (Fsp3) is 0.400. The molecule has 2 unspecified atom stereocenters. The minimum absolute atomic E-state index is 0.215. The van der Waals surface area contributed by atoms with Crippen LogP contribution in [0.15, 0.2) is 48.5 Å². The van der Waals surface area contributed by atoms with Gasteiger partial charge in [-0.15, -0.1) is 0 Å². The summed E-state index contributed by atoms with van der Waals surface area (Å²) in [6, 6.07) is 16.9. The Hall–Kier alpha value is -1.84. The molecule has 0 aliphatic carbocycles. The smallest absolute Gasteiger partial charge is 0.122 e. The van der Waals surface area contributed by atoms with Crippen LogP contribution in [0.5, 0.6) is 5.75 Å². The molecule has 1 aliphatic rings. The van der Waals surface area contributed by atoms with E-state index in [-0.39, 0.29) is 12.5 Å². The third-order valence-corrected chi connectivity index (χ3v) is 4.78. The molecule has 2 atom stereocenters. The molecule has 0 saturated carbocycles. The highest BCUT2D eigenvalue weighted by Gasteiger charge is 2.34. The van der Waals surface area contributed by atoms with Crippen molar-refractivity contribution in [3.8, 4) is 5.75 Å². The van der Waals surface area contributed by atoms with Gasteiger partial charge in [0.15, 0.2) is 0 Å². The van der Waals surface area contributed by atoms with Crippen molar-refractivity contribution < 1.29 is 9.84 Å². The fourth-order valence-electron chi connectivity index (χ4n) is 3.61. The zero-order valence-corrected chi connectivity index (χ0v) is 13.9. The van der Waals surface area contributed by atoms with Gasteiger partial charge in [0.05, 0.1) is 7.11 Å². The van der Waals surface area contributed by atoms with Crippen LogP contribution in [0.25, 0.3) is 0 Å². The Kier molecular flexibility index (Phi) is 4.99. The van der Waals surface area contributed by atoms with Crippen LogP contribution in [0.4, 0.5) is 0 Å². The zero-order valence-electron chi connectivity index (χ0n) is 13.9. The van der Waals surface area contributed by atoms with Crippen LogP contribution in [-0.2, 0) is 6.54 Å². The predicted octanol–water partition coefficient (Wildman–Crippen LogP) is 3.21. The van der Waals surface area contributed by atoms with Crippen molar-refractivity contribution >= 4 is 0 Å². The maximum absolute atomic E-state index is 9.85. The van der Waals surface area contributed by atoms with Crippen LogP contribution < -0.4 is 4.74 Å². The molecule has 2 aromatic carbocycles. The Morgan fingerprint density at radius 2 is 1.91 bits per heavy atom. The van der Waals surface area contributed by atoms with Crippen LogP contribution in [0, 0.1) is 12.8 Å². The first-order valence-electron chi connectivity index (χ1n) is 8.23. The van der Waals surface area contributed by atoms with Gasteiger partial charge in [-0.2, -0.15) is 0 Å². The van der Waals surface area contributed by atoms with Crippen molar-refractivity contribution in [1.29, 1.82) is 0 Å². The van der Waals surface area contributed by atoms with Crippen LogP contribution in [0.1, 0.15) is 22.6 Å². The Labute approximate surface area is 138 Å². The van der Waals surface area contributed by atoms with Gasteiger partial charge in [-0.1, -0.05) is 48.0 Å². The minimum atomic E-state index is 0.215. The number of methoxy groups -OCH3 is 1. The van der Waals surface area contributed by atoms with E-state index >= 15 is 0 Å². The first-order valence-corrected chi connectivity index (χ1v) is 8.23. The Bertz CT molecular complexity index is 641. The van der Waals surface area contributed by atoms with E-state index < -0.39 is 0 Å². The molecule has 1 aliphatic heterocycles. The maximum Gasteiger partial charge on any atom is 0.122 e. The number of nitrogens with zero attached hydrogens (tertiary/aromatic N) is 1. The third-order valence-electron chi connectivity index (χ3n) is 4.78. The lowest BCUT2D eigenvalue weighted by atomic mass is 9.88. The average molecular weight is 311 g/mol. The Morgan fingerprint density at radius 3 is 2.61 bits per heavy atom. The average Bonchev–Trinajstić information content (AvgIpc) is 2.98. The van der Waals surface area contributed by atoms with Gasteiger partial charge in [-0.25, -0.2) is 0 Å². The molecule has 0 aromatic heterocycles. The summed E-state index contributed by atoms with van der Waals surface area (Å²) in [7, 11) is 1.72. The number of aliphatic hydroxyl groups excluding tert-OH is 1. The SMILES string of the molecule is COc1ccc(C)cc1C1CN(Cc2ccccc2)CC1CO. The normalized spacial score (nSPS) is 21.5. The molecule has 1 saturated heterocycles. The summed E-state index contributed by atoms with van der Waals surface area (Å²) in [6.07, 6.45) is 0. The highest BCUT2D eigenvalue weighted by Crippen LogP contribution is 2.38. The van der Waals surface area contributed by atoms with Crippen molar-refractivity contribution in [2.45, 2.75) is 19.4 Å². The van der Waals surface area contributed by atoms with Gasteiger partial charge in [0, 0.05) is 38.1 Å². The molecule has 0 spiro atoms. The number of hydrogen-bond acceptors (Lipinski definition) is 3. The third kappa shape index (κ3) is 3.57. The molecule has 0 bridgehead atoms. The summed E-state index contributed by atoms with van der Waals surface area (Å²) < 4.78 is 5.56. The number of hydrogen-bond donors (Lipinski definition) is 1. The molecular weight excluding hydrogens is 286 g/mol. The largest absolute Gasteiger partial charge is 0.496 e. The van der Waals surface area contributed by atoms with Crippen molar-refractivity contribution in [2.24, 2.45) is 5.92 Å². The molecule has 0 amide bonds. The summed E-state index contributed by atoms with van der Waals surface area (Å²) in [5, 5.41) is 9.85. The summed E-state index contributed by atoms with van der Waals surface area (Å²) in [5.74, 6) is 1.51. The summed E-state index contributed by atoms with van der Waals surface area (Å²) in [5.41, 5.74) is 3.78. The number of ether oxygens (including phenoxy) is 1. The first-order chi connectivity index (χ1) is 11.2. The van der Waals surface area contributed by atoms with Crippen molar-refractivity contribution in [2.75, 3.05) is 26.8 Å². The van der Waals surface area contributed by atoms with Gasteiger partial charge in [-0.05, 0) is 24.1 Å². The monoisotopic (exact) mass is 311 g/mol. The zero-order chi connectivity index (χ0) is 16.2. The lowest BCUT2D eigenvalue weighted by Crippen LogP contribution is -2.20. The molecule has 23 heavy (non-hydrogen) atoms. The molecule has 122 valence electrons. The topological polar surface area (TPSA) is 32.7 Å². The number of likely N-dealkylation sites (tertiary alicyclic amines) is 1. The van der Waals surface area contributed by atoms with Crippen LogP contribution in [-0.4, -0.2) is 36.8 Å². The minimum Gasteiger partial charge on any atom is -0.496 e. The standard InChI is InChI=1S/C20H25NO2/c1-15-8-9-20(23-2)18(10-15)19-13-21(12-17(19)14-22)11-16-6-4-3-5-7-16/h3-10,17,19,22H,11-14H2,1-2H3. The van der Waals surface area contributed by atoms with Crippen molar-refractivity contribution in [3.05, 3.63) is 65.2 Å². The number of rotatable bonds is 5. The van der Waals surface area contributed by atoms with Gasteiger partial charge in [0.25, 0.3) is 0 Å². The molecular formula is C20H25NO2. The quantitative estimate of drug-likeness (QED) is 0.920. The van der Waals surface area contributed by atoms with Crippen LogP contribution in [0.3, 0.4) is 0 Å². The van der Waals surface area contributed by atoms with Crippen molar-refractivity contribution in [3.63, 3.8) is 0 Å². The van der Waals surface area contributed by atoms with E-state index in [1.807, 2.05) is 12.1 Å². The van der Waals surface area contributed by atoms with Gasteiger partial charge < -0.3 is 9.84 Å². The molecule has 2 aromatic rings. The van der Waals surface area contributed by atoms with Crippen LogP contribution in [0.2, 0.25) is 0 Å². The highest BCUT2D eigenvalue weighted by molar-refractivity contribution is 5.40. The molecule has 1 heterocycles. The first kappa shape index (κ1) is 16.0. The lowest BCUT2D eigenvalue weighted by Gasteiger charge is -2.20. The maximum atomic E-state index is 9.85. The molecule has 0 radical (unpaired) electrons. The highest BCUT2D eigenvalue weighted by atomic mass is 16.5. The van der Waals surface area contributed by atoms with Crippen LogP contribution >= 0.6 is 0 Å². The lowest BCUT2D eigenvalue weighted by molar-refractivity contribution is 0.213. The number of aryl methyl sites for hydroxylation is 1. The van der Waals surface area contributed by atoms with E-state index in [2.05, 4.69) is 48.2 Å².